The summed E-state index contributed by atoms with van der Waals surface area (Å²) in [7, 11) is 1.73. The molecule has 17 heavy (non-hydrogen) atoms. The minimum Gasteiger partial charge on any atom is -0.383 e. The monoisotopic (exact) mass is 319 g/mol. The summed E-state index contributed by atoms with van der Waals surface area (Å²) in [5, 5.41) is 0. The second-order valence-electron chi connectivity index (χ2n) is 4.01. The van der Waals surface area contributed by atoms with Crippen molar-refractivity contribution in [1.29, 1.82) is 0 Å². The van der Waals surface area contributed by atoms with Gasteiger partial charge in [0.1, 0.15) is 0 Å². The number of rotatable bonds is 6. The Morgan fingerprint density at radius 1 is 1.47 bits per heavy atom. The highest BCUT2D eigenvalue weighted by atomic mass is 79.9. The third-order valence-corrected chi connectivity index (χ3v) is 3.70. The van der Waals surface area contributed by atoms with E-state index < -0.39 is 0 Å². The third-order valence-electron chi connectivity index (χ3n) is 2.76. The van der Waals surface area contributed by atoms with Crippen LogP contribution in [-0.2, 0) is 10.6 Å². The third kappa shape index (κ3) is 3.87. The molecule has 0 fully saturated rings. The molecule has 0 saturated carbocycles. The zero-order valence-corrected chi connectivity index (χ0v) is 12.9. The van der Waals surface area contributed by atoms with E-state index in [0.29, 0.717) is 11.9 Å². The van der Waals surface area contributed by atoms with Gasteiger partial charge in [-0.1, -0.05) is 6.07 Å². The number of likely N-dealkylation sites (N-methyl/N-ethyl adjacent to an activating group) is 1. The van der Waals surface area contributed by atoms with Gasteiger partial charge in [-0.2, -0.15) is 0 Å². The first kappa shape index (κ1) is 14.8. The number of nitrogens with zero attached hydrogens (tertiary/aromatic N) is 1. The van der Waals surface area contributed by atoms with Gasteiger partial charge in [-0.25, -0.2) is 0 Å². The van der Waals surface area contributed by atoms with Crippen LogP contribution >= 0.6 is 27.5 Å². The molecular formula is C13H19BrClNO. The van der Waals surface area contributed by atoms with Crippen LogP contribution in [0.1, 0.15) is 19.4 Å². The lowest BCUT2D eigenvalue weighted by Gasteiger charge is -2.30. The molecule has 0 saturated heterocycles. The van der Waals surface area contributed by atoms with Crippen molar-refractivity contribution in [2.24, 2.45) is 0 Å². The summed E-state index contributed by atoms with van der Waals surface area (Å²) in [6.45, 7) is 5.98. The maximum absolute atomic E-state index is 5.82. The van der Waals surface area contributed by atoms with Crippen molar-refractivity contribution in [3.8, 4) is 0 Å². The molecule has 1 aromatic carbocycles. The molecule has 2 nitrogen and oxygen atoms in total. The molecule has 0 aliphatic rings. The molecule has 0 N–H and O–H groups in total. The Bertz CT molecular complexity index is 359. The Labute approximate surface area is 117 Å². The number of ether oxygens (including phenoxy) is 1. The fourth-order valence-electron chi connectivity index (χ4n) is 1.92. The summed E-state index contributed by atoms with van der Waals surface area (Å²) in [5.41, 5.74) is 2.31. The van der Waals surface area contributed by atoms with E-state index in [1.54, 1.807) is 7.11 Å². The van der Waals surface area contributed by atoms with Gasteiger partial charge in [-0.3, -0.25) is 0 Å². The van der Waals surface area contributed by atoms with Gasteiger partial charge >= 0.3 is 0 Å². The highest BCUT2D eigenvalue weighted by molar-refractivity contribution is 9.10. The molecule has 1 rings (SSSR count). The van der Waals surface area contributed by atoms with Crippen molar-refractivity contribution >= 4 is 33.2 Å². The van der Waals surface area contributed by atoms with Gasteiger partial charge in [-0.15, -0.1) is 11.6 Å². The van der Waals surface area contributed by atoms with E-state index >= 15 is 0 Å². The van der Waals surface area contributed by atoms with E-state index in [9.17, 15) is 0 Å². The summed E-state index contributed by atoms with van der Waals surface area (Å²) < 4.78 is 6.30. The van der Waals surface area contributed by atoms with Crippen LogP contribution in [0.3, 0.4) is 0 Å². The normalized spacial score (nSPS) is 12.5. The number of alkyl halides is 1. The number of hydrogen-bond donors (Lipinski definition) is 0. The summed E-state index contributed by atoms with van der Waals surface area (Å²) in [4.78, 5) is 2.31. The minimum atomic E-state index is 0.350. The van der Waals surface area contributed by atoms with Gasteiger partial charge < -0.3 is 9.64 Å². The summed E-state index contributed by atoms with van der Waals surface area (Å²) in [5.74, 6) is 0.540. The number of benzene rings is 1. The number of anilines is 1. The lowest BCUT2D eigenvalue weighted by atomic mass is 10.2. The first-order valence-electron chi connectivity index (χ1n) is 5.74. The van der Waals surface area contributed by atoms with Crippen LogP contribution in [0.5, 0.6) is 0 Å². The average molecular weight is 321 g/mol. The zero-order chi connectivity index (χ0) is 12.8. The van der Waals surface area contributed by atoms with Crippen LogP contribution in [0, 0.1) is 0 Å². The van der Waals surface area contributed by atoms with Gasteiger partial charge in [0, 0.05) is 30.0 Å². The molecule has 1 atom stereocenters. The largest absolute Gasteiger partial charge is 0.383 e. The van der Waals surface area contributed by atoms with Crippen molar-refractivity contribution < 1.29 is 4.74 Å². The van der Waals surface area contributed by atoms with E-state index in [1.165, 1.54) is 5.69 Å². The van der Waals surface area contributed by atoms with Crippen molar-refractivity contribution in [2.45, 2.75) is 25.8 Å². The van der Waals surface area contributed by atoms with Crippen molar-refractivity contribution in [3.05, 3.63) is 28.2 Å². The Hall–Kier alpha value is -0.250. The number of methoxy groups -OCH3 is 1. The second-order valence-corrected chi connectivity index (χ2v) is 5.13. The molecule has 4 heteroatoms. The zero-order valence-electron chi connectivity index (χ0n) is 10.5. The Morgan fingerprint density at radius 2 is 2.18 bits per heavy atom. The molecule has 0 spiro atoms. The maximum atomic E-state index is 5.82. The highest BCUT2D eigenvalue weighted by Crippen LogP contribution is 2.29. The quantitative estimate of drug-likeness (QED) is 0.733. The van der Waals surface area contributed by atoms with Crippen LogP contribution in [0.4, 0.5) is 5.69 Å². The number of hydrogen-bond acceptors (Lipinski definition) is 2. The van der Waals surface area contributed by atoms with Gasteiger partial charge in [0.05, 0.1) is 12.3 Å². The van der Waals surface area contributed by atoms with Crippen molar-refractivity contribution in [3.63, 3.8) is 0 Å². The summed E-state index contributed by atoms with van der Waals surface area (Å²) in [6, 6.07) is 6.60. The van der Waals surface area contributed by atoms with Crippen LogP contribution < -0.4 is 4.90 Å². The molecule has 0 aliphatic heterocycles. The highest BCUT2D eigenvalue weighted by Gasteiger charge is 2.15. The van der Waals surface area contributed by atoms with E-state index in [4.69, 9.17) is 16.3 Å². The summed E-state index contributed by atoms with van der Waals surface area (Å²) >= 11 is 9.43. The van der Waals surface area contributed by atoms with Gasteiger partial charge in [-0.05, 0) is 47.5 Å². The molecule has 0 amide bonds. The van der Waals surface area contributed by atoms with Crippen LogP contribution in [0.15, 0.2) is 22.7 Å². The van der Waals surface area contributed by atoms with Crippen molar-refractivity contribution in [2.75, 3.05) is 25.2 Å². The van der Waals surface area contributed by atoms with E-state index in [0.717, 1.165) is 23.2 Å². The Balaban J connectivity index is 2.95. The second kappa shape index (κ2) is 7.24. The maximum Gasteiger partial charge on any atom is 0.0663 e. The molecule has 1 aromatic rings. The van der Waals surface area contributed by atoms with Gasteiger partial charge in [0.2, 0.25) is 0 Å². The summed E-state index contributed by atoms with van der Waals surface area (Å²) in [6.07, 6.45) is 0. The standard InChI is InChI=1S/C13H19BrClNO/c1-4-16(10(2)9-17-3)13-6-5-11(8-15)7-12(13)14/h5-7,10H,4,8-9H2,1-3H3. The molecule has 0 aromatic heterocycles. The van der Waals surface area contributed by atoms with E-state index in [2.05, 4.69) is 52.9 Å². The molecule has 1 unspecified atom stereocenters. The molecular weight excluding hydrogens is 302 g/mol. The topological polar surface area (TPSA) is 12.5 Å². The fraction of sp³-hybridized carbons (Fsp3) is 0.538. The van der Waals surface area contributed by atoms with Gasteiger partial charge in [0.25, 0.3) is 0 Å². The molecule has 0 bridgehead atoms. The predicted octanol–water partition coefficient (Wildman–Crippen LogP) is 4.05. The van der Waals surface area contributed by atoms with Crippen LogP contribution in [-0.4, -0.2) is 26.3 Å². The van der Waals surface area contributed by atoms with E-state index in [-0.39, 0.29) is 0 Å². The SMILES string of the molecule is CCN(c1ccc(CCl)cc1Br)C(C)COC. The Kier molecular flexibility index (Phi) is 6.31. The predicted molar refractivity (Wildman–Crippen MR) is 78.1 cm³/mol. The van der Waals surface area contributed by atoms with Crippen molar-refractivity contribution in [1.82, 2.24) is 0 Å². The Morgan fingerprint density at radius 3 is 2.65 bits per heavy atom. The smallest absolute Gasteiger partial charge is 0.0663 e. The van der Waals surface area contributed by atoms with Crippen LogP contribution in [0.25, 0.3) is 0 Å². The number of halogens is 2. The van der Waals surface area contributed by atoms with E-state index in [1.807, 2.05) is 0 Å². The minimum absolute atomic E-state index is 0.350. The average Bonchev–Trinajstić information content (AvgIpc) is 2.32. The molecule has 0 heterocycles. The van der Waals surface area contributed by atoms with Gasteiger partial charge in [0.15, 0.2) is 0 Å². The lowest BCUT2D eigenvalue weighted by molar-refractivity contribution is 0.182. The molecule has 0 aliphatic carbocycles. The molecule has 96 valence electrons. The molecule has 0 radical (unpaired) electrons. The fourth-order valence-corrected chi connectivity index (χ4v) is 2.74. The van der Waals surface area contributed by atoms with Crippen LogP contribution in [0.2, 0.25) is 0 Å². The lowest BCUT2D eigenvalue weighted by Crippen LogP contribution is -2.36. The first-order chi connectivity index (χ1) is 8.13. The first-order valence-corrected chi connectivity index (χ1v) is 7.06.